The monoisotopic (exact) mass is 1000 g/mol. The average molecular weight is 1000 g/mol. The van der Waals surface area contributed by atoms with Gasteiger partial charge in [0, 0.05) is 6.42 Å². The van der Waals surface area contributed by atoms with Gasteiger partial charge in [0.1, 0.15) is 42.3 Å². The third kappa shape index (κ3) is 24.0. The lowest BCUT2D eigenvalue weighted by molar-refractivity contribution is -0.144. The number of hydrogen-bond donors (Lipinski definition) is 13. The van der Waals surface area contributed by atoms with Crippen LogP contribution in [0.15, 0.2) is 0 Å². The van der Waals surface area contributed by atoms with Gasteiger partial charge in [-0.05, 0) is 68.8 Å². The molecule has 0 aromatic carbocycles. The van der Waals surface area contributed by atoms with Crippen LogP contribution >= 0.6 is 11.8 Å². The van der Waals surface area contributed by atoms with E-state index < -0.39 is 150 Å². The van der Waals surface area contributed by atoms with Crippen LogP contribution in [0.5, 0.6) is 0 Å². The molecule has 0 aromatic rings. The maximum absolute atomic E-state index is 13.8. The fourth-order valence-corrected chi connectivity index (χ4v) is 6.87. The minimum Gasteiger partial charge on any atom is -0.481 e. The number of aliphatic hydroxyl groups is 1. The molecule has 394 valence electrons. The highest BCUT2D eigenvalue weighted by atomic mass is 32.2. The number of thioether (sulfide) groups is 1. The van der Waals surface area contributed by atoms with E-state index in [-0.39, 0.29) is 31.6 Å². The second-order valence-corrected chi connectivity index (χ2v) is 18.9. The van der Waals surface area contributed by atoms with Crippen molar-refractivity contribution in [3.05, 3.63) is 0 Å². The number of nitrogens with one attached hydrogen (secondary N) is 9. The molecular weight excluding hydrogens is 925 g/mol. The quantitative estimate of drug-likeness (QED) is 0.0333. The van der Waals surface area contributed by atoms with Crippen LogP contribution in [0.4, 0.5) is 0 Å². The Labute approximate surface area is 408 Å². The summed E-state index contributed by atoms with van der Waals surface area (Å²) in [6.07, 6.45) is 0.830. The normalized spacial score (nSPS) is 16.0. The minimum absolute atomic E-state index is 0.0737. The van der Waals surface area contributed by atoms with Gasteiger partial charge >= 0.3 is 11.9 Å². The first kappa shape index (κ1) is 63.4. The Bertz CT molecular complexity index is 1770. The van der Waals surface area contributed by atoms with Crippen molar-refractivity contribution in [2.45, 2.75) is 162 Å². The second-order valence-electron chi connectivity index (χ2n) is 17.9. The van der Waals surface area contributed by atoms with Crippen molar-refractivity contribution in [1.29, 1.82) is 0 Å². The number of carboxylic acids is 2. The van der Waals surface area contributed by atoms with E-state index in [0.717, 1.165) is 0 Å². The molecule has 0 rings (SSSR count). The molecular formula is C44H78N10O14S. The molecule has 0 aromatic heterocycles. The molecule has 0 heterocycles. The zero-order valence-corrected chi connectivity index (χ0v) is 42.5. The zero-order valence-electron chi connectivity index (χ0n) is 41.7. The number of amides is 9. The predicted molar refractivity (Wildman–Crippen MR) is 256 cm³/mol. The van der Waals surface area contributed by atoms with Crippen molar-refractivity contribution >= 4 is 76.9 Å². The lowest BCUT2D eigenvalue weighted by Crippen LogP contribution is -2.61. The molecule has 0 aliphatic heterocycles. The largest absolute Gasteiger partial charge is 0.481 e. The molecule has 0 saturated carbocycles. The van der Waals surface area contributed by atoms with Crippen molar-refractivity contribution in [2.75, 3.05) is 25.1 Å². The summed E-state index contributed by atoms with van der Waals surface area (Å²) < 4.78 is 0. The molecule has 9 amide bonds. The van der Waals surface area contributed by atoms with Gasteiger partial charge in [0.15, 0.2) is 0 Å². The van der Waals surface area contributed by atoms with Crippen molar-refractivity contribution in [2.24, 2.45) is 29.4 Å². The summed E-state index contributed by atoms with van der Waals surface area (Å²) in [5.41, 5.74) is 5.72. The van der Waals surface area contributed by atoms with Gasteiger partial charge < -0.3 is 68.9 Å². The lowest BCUT2D eigenvalue weighted by Gasteiger charge is -2.29. The van der Waals surface area contributed by atoms with E-state index in [2.05, 4.69) is 47.9 Å². The molecule has 11 atom stereocenters. The Kier molecular flexibility index (Phi) is 29.7. The fourth-order valence-electron chi connectivity index (χ4n) is 6.40. The molecule has 0 fully saturated rings. The summed E-state index contributed by atoms with van der Waals surface area (Å²) in [4.78, 5) is 141. The molecule has 14 N–H and O–H groups in total. The Hall–Kier alpha value is -5.56. The van der Waals surface area contributed by atoms with E-state index in [0.29, 0.717) is 18.6 Å². The van der Waals surface area contributed by atoms with Crippen molar-refractivity contribution in [3.63, 3.8) is 0 Å². The van der Waals surface area contributed by atoms with E-state index in [1.807, 2.05) is 0 Å². The van der Waals surface area contributed by atoms with Gasteiger partial charge in [0.2, 0.25) is 53.2 Å². The van der Waals surface area contributed by atoms with E-state index in [9.17, 15) is 63.0 Å². The molecule has 0 aliphatic carbocycles. The smallest absolute Gasteiger partial charge is 0.326 e. The Morgan fingerprint density at radius 3 is 1.46 bits per heavy atom. The number of rotatable bonds is 33. The third-order valence-electron chi connectivity index (χ3n) is 11.1. The van der Waals surface area contributed by atoms with E-state index >= 15 is 0 Å². The fraction of sp³-hybridized carbons (Fsp3) is 0.750. The standard InChI is InChI=1S/C44H78N10O14S/c1-12-23(7)34(51-30(56)19-46-39(62)28(16-17-69-11)49-37(60)25(9)48-38(61)27(45)14-15-32(58)59)41(64)47-20-31(57)52-35(24(8)13-2)42(65)50-29(18-21(3)4)40(63)54-36(26(10)55)43(66)53-33(22(5)6)44(67)68/h21-29,33-36,55H,12-20,45H2,1-11H3,(H,46,62)(H,47,64)(H,48,61)(H,49,60)(H,50,65)(H,51,56)(H,52,57)(H,53,66)(H,54,63)(H,58,59)(H,67,68)/t23-,24-,25-,26+,27-,28-,29-,33-,34-,35-,36-/m0/s1. The van der Waals surface area contributed by atoms with Crippen molar-refractivity contribution < 1.29 is 68.1 Å². The van der Waals surface area contributed by atoms with Crippen LogP contribution in [-0.4, -0.2) is 160 Å². The highest BCUT2D eigenvalue weighted by Crippen LogP contribution is 2.13. The molecule has 69 heavy (non-hydrogen) atoms. The Morgan fingerprint density at radius 1 is 0.536 bits per heavy atom. The van der Waals surface area contributed by atoms with Gasteiger partial charge in [-0.3, -0.25) is 47.9 Å². The van der Waals surface area contributed by atoms with E-state index in [4.69, 9.17) is 10.8 Å². The van der Waals surface area contributed by atoms with Crippen molar-refractivity contribution in [1.82, 2.24) is 47.9 Å². The SMILES string of the molecule is CC[C@H](C)[C@H](NC(=O)CNC(=O)[C@H](CCSC)NC(=O)[C@H](C)NC(=O)[C@@H](N)CCC(=O)O)C(=O)NCC(=O)N[C@H](C(=O)N[C@@H](CC(C)C)C(=O)N[C@H](C(=O)N[C@H](C(=O)O)C(C)C)[C@@H](C)O)[C@@H](C)CC. The molecule has 0 aliphatic rings. The topological polar surface area (TPSA) is 383 Å². The van der Waals surface area contributed by atoms with Crippen LogP contribution in [0.2, 0.25) is 0 Å². The number of carboxylic acid groups (broad SMARTS) is 2. The first-order chi connectivity index (χ1) is 32.1. The van der Waals surface area contributed by atoms with Crippen LogP contribution < -0.4 is 53.6 Å². The molecule has 0 spiro atoms. The summed E-state index contributed by atoms with van der Waals surface area (Å²) in [5.74, 6) is -10.8. The number of carbonyl (C=O) groups excluding carboxylic acids is 9. The summed E-state index contributed by atoms with van der Waals surface area (Å²) >= 11 is 1.39. The first-order valence-electron chi connectivity index (χ1n) is 23.1. The maximum Gasteiger partial charge on any atom is 0.326 e. The number of nitrogens with two attached hydrogens (primary N) is 1. The van der Waals surface area contributed by atoms with Gasteiger partial charge in [0.05, 0.1) is 25.2 Å². The summed E-state index contributed by atoms with van der Waals surface area (Å²) in [6.45, 7) is 14.9. The molecule has 0 bridgehead atoms. The summed E-state index contributed by atoms with van der Waals surface area (Å²) in [6, 6.07) is -10.00. The molecule has 25 heteroatoms. The third-order valence-corrected chi connectivity index (χ3v) is 11.7. The van der Waals surface area contributed by atoms with Crippen LogP contribution in [-0.2, 0) is 52.7 Å². The van der Waals surface area contributed by atoms with Gasteiger partial charge in [-0.1, -0.05) is 68.2 Å². The van der Waals surface area contributed by atoms with Gasteiger partial charge in [-0.15, -0.1) is 0 Å². The minimum atomic E-state index is -1.58. The highest BCUT2D eigenvalue weighted by Gasteiger charge is 2.36. The summed E-state index contributed by atoms with van der Waals surface area (Å²) in [7, 11) is 0. The van der Waals surface area contributed by atoms with Crippen LogP contribution in [0, 0.1) is 23.7 Å². The maximum atomic E-state index is 13.8. The number of aliphatic hydroxyl groups excluding tert-OH is 1. The Morgan fingerprint density at radius 2 is 1.01 bits per heavy atom. The predicted octanol–water partition coefficient (Wildman–Crippen LogP) is -2.16. The second kappa shape index (κ2) is 32.3. The Balaban J connectivity index is 5.83. The first-order valence-corrected chi connectivity index (χ1v) is 24.5. The zero-order chi connectivity index (χ0) is 53.3. The van der Waals surface area contributed by atoms with E-state index in [1.165, 1.54) is 25.6 Å². The molecule has 0 radical (unpaired) electrons. The summed E-state index contributed by atoms with van der Waals surface area (Å²) in [5, 5.41) is 51.1. The number of carbonyl (C=O) groups is 11. The van der Waals surface area contributed by atoms with Crippen LogP contribution in [0.3, 0.4) is 0 Å². The van der Waals surface area contributed by atoms with Gasteiger partial charge in [-0.2, -0.15) is 11.8 Å². The highest BCUT2D eigenvalue weighted by molar-refractivity contribution is 7.98. The number of hydrogen-bond acceptors (Lipinski definition) is 14. The molecule has 24 nitrogen and oxygen atoms in total. The van der Waals surface area contributed by atoms with Crippen molar-refractivity contribution in [3.8, 4) is 0 Å². The average Bonchev–Trinajstić information content (AvgIpc) is 3.27. The van der Waals surface area contributed by atoms with Crippen LogP contribution in [0.1, 0.15) is 108 Å². The van der Waals surface area contributed by atoms with E-state index in [1.54, 1.807) is 61.6 Å². The van der Waals surface area contributed by atoms with Gasteiger partial charge in [-0.25, -0.2) is 4.79 Å². The molecule has 0 unspecified atom stereocenters. The molecule has 0 saturated heterocycles. The number of aliphatic carboxylic acids is 2. The van der Waals surface area contributed by atoms with Crippen LogP contribution in [0.25, 0.3) is 0 Å². The lowest BCUT2D eigenvalue weighted by atomic mass is 9.96. The van der Waals surface area contributed by atoms with Gasteiger partial charge in [0.25, 0.3) is 0 Å².